The Bertz CT molecular complexity index is 1170. The van der Waals surface area contributed by atoms with E-state index in [4.69, 9.17) is 0 Å². The maximum absolute atomic E-state index is 12.7. The number of nitrogens with one attached hydrogen (secondary N) is 2. The van der Waals surface area contributed by atoms with Crippen molar-refractivity contribution in [1.82, 2.24) is 0 Å². The molecule has 0 aliphatic carbocycles. The van der Waals surface area contributed by atoms with Gasteiger partial charge >= 0.3 is 0 Å². The SMILES string of the molecule is O=C(Nc1cccc2c(NC(=O)c3cccc(Br)c3)cccc12)c1cccc(Br)c1. The predicted molar refractivity (Wildman–Crippen MR) is 128 cm³/mol. The van der Waals surface area contributed by atoms with Crippen molar-refractivity contribution in [2.24, 2.45) is 0 Å². The Labute approximate surface area is 190 Å². The molecular weight excluding hydrogens is 508 g/mol. The molecule has 0 fully saturated rings. The lowest BCUT2D eigenvalue weighted by molar-refractivity contribution is 0.101. The minimum absolute atomic E-state index is 0.202. The third kappa shape index (κ3) is 4.45. The summed E-state index contributed by atoms with van der Waals surface area (Å²) >= 11 is 6.78. The van der Waals surface area contributed by atoms with Gasteiger partial charge in [0.1, 0.15) is 0 Å². The van der Waals surface area contributed by atoms with Gasteiger partial charge in [0, 0.05) is 42.2 Å². The van der Waals surface area contributed by atoms with Crippen molar-refractivity contribution < 1.29 is 9.59 Å². The summed E-state index contributed by atoms with van der Waals surface area (Å²) in [7, 11) is 0. The van der Waals surface area contributed by atoms with Crippen LogP contribution in [0.2, 0.25) is 0 Å². The molecule has 4 aromatic carbocycles. The molecule has 0 aliphatic heterocycles. The van der Waals surface area contributed by atoms with Crippen molar-refractivity contribution in [2.75, 3.05) is 10.6 Å². The largest absolute Gasteiger partial charge is 0.321 e. The summed E-state index contributed by atoms with van der Waals surface area (Å²) in [6.45, 7) is 0. The van der Waals surface area contributed by atoms with Gasteiger partial charge in [-0.1, -0.05) is 68.3 Å². The van der Waals surface area contributed by atoms with E-state index >= 15 is 0 Å². The van der Waals surface area contributed by atoms with Gasteiger partial charge in [0.05, 0.1) is 0 Å². The average Bonchev–Trinajstić information content (AvgIpc) is 2.74. The van der Waals surface area contributed by atoms with E-state index in [2.05, 4.69) is 42.5 Å². The van der Waals surface area contributed by atoms with E-state index in [9.17, 15) is 9.59 Å². The number of rotatable bonds is 4. The number of anilines is 2. The van der Waals surface area contributed by atoms with Crippen LogP contribution in [-0.4, -0.2) is 11.8 Å². The van der Waals surface area contributed by atoms with Crippen LogP contribution in [0.5, 0.6) is 0 Å². The molecule has 30 heavy (non-hydrogen) atoms. The van der Waals surface area contributed by atoms with Gasteiger partial charge in [-0.3, -0.25) is 9.59 Å². The summed E-state index contributed by atoms with van der Waals surface area (Å²) in [5.41, 5.74) is 2.47. The molecule has 0 spiro atoms. The number of carbonyl (C=O) groups is 2. The molecule has 0 unspecified atom stereocenters. The van der Waals surface area contributed by atoms with Gasteiger partial charge < -0.3 is 10.6 Å². The molecule has 0 radical (unpaired) electrons. The summed E-state index contributed by atoms with van der Waals surface area (Å²) in [4.78, 5) is 25.4. The number of benzene rings is 4. The van der Waals surface area contributed by atoms with Crippen LogP contribution >= 0.6 is 31.9 Å². The summed E-state index contributed by atoms with van der Waals surface area (Å²) in [5, 5.41) is 7.62. The van der Waals surface area contributed by atoms with E-state index in [1.54, 1.807) is 24.3 Å². The van der Waals surface area contributed by atoms with Crippen LogP contribution in [0.4, 0.5) is 11.4 Å². The fraction of sp³-hybridized carbons (Fsp3) is 0. The lowest BCUT2D eigenvalue weighted by Gasteiger charge is -2.13. The van der Waals surface area contributed by atoms with E-state index in [0.29, 0.717) is 22.5 Å². The molecule has 4 rings (SSSR count). The highest BCUT2D eigenvalue weighted by Crippen LogP contribution is 2.30. The molecule has 0 aliphatic rings. The number of halogens is 2. The van der Waals surface area contributed by atoms with Crippen molar-refractivity contribution in [2.45, 2.75) is 0 Å². The third-order valence-electron chi connectivity index (χ3n) is 4.59. The number of fused-ring (bicyclic) bond motifs is 1. The Morgan fingerprint density at radius 2 is 0.967 bits per heavy atom. The van der Waals surface area contributed by atoms with Gasteiger partial charge in [-0.15, -0.1) is 0 Å². The van der Waals surface area contributed by atoms with Crippen LogP contribution in [0.15, 0.2) is 93.9 Å². The fourth-order valence-electron chi connectivity index (χ4n) is 3.18. The zero-order chi connectivity index (χ0) is 21.1. The van der Waals surface area contributed by atoms with Crippen molar-refractivity contribution in [3.05, 3.63) is 105 Å². The second-order valence-corrected chi connectivity index (χ2v) is 8.47. The van der Waals surface area contributed by atoms with Gasteiger partial charge in [0.2, 0.25) is 0 Å². The van der Waals surface area contributed by atoms with Gasteiger partial charge in [-0.25, -0.2) is 0 Å². The van der Waals surface area contributed by atoms with E-state index in [0.717, 1.165) is 19.7 Å². The first-order chi connectivity index (χ1) is 14.5. The molecule has 4 nitrogen and oxygen atoms in total. The molecule has 0 atom stereocenters. The minimum Gasteiger partial charge on any atom is -0.321 e. The molecular formula is C24H16Br2N2O2. The molecule has 2 amide bonds. The highest BCUT2D eigenvalue weighted by molar-refractivity contribution is 9.10. The third-order valence-corrected chi connectivity index (χ3v) is 5.58. The lowest BCUT2D eigenvalue weighted by atomic mass is 10.1. The topological polar surface area (TPSA) is 58.2 Å². The second-order valence-electron chi connectivity index (χ2n) is 6.64. The average molecular weight is 524 g/mol. The van der Waals surface area contributed by atoms with Gasteiger partial charge in [0.15, 0.2) is 0 Å². The van der Waals surface area contributed by atoms with Crippen LogP contribution in [0.25, 0.3) is 10.8 Å². The molecule has 2 N–H and O–H groups in total. The van der Waals surface area contributed by atoms with Gasteiger partial charge in [-0.2, -0.15) is 0 Å². The number of hydrogen-bond donors (Lipinski definition) is 2. The Kier molecular flexibility index (Phi) is 5.97. The zero-order valence-electron chi connectivity index (χ0n) is 15.7. The molecule has 0 saturated carbocycles. The first kappa shape index (κ1) is 20.3. The molecule has 0 bridgehead atoms. The van der Waals surface area contributed by atoms with Gasteiger partial charge in [0.25, 0.3) is 11.8 Å². The first-order valence-electron chi connectivity index (χ1n) is 9.17. The highest BCUT2D eigenvalue weighted by atomic mass is 79.9. The molecule has 0 saturated heterocycles. The predicted octanol–water partition coefficient (Wildman–Crippen LogP) is 6.87. The Morgan fingerprint density at radius 1 is 0.567 bits per heavy atom. The molecule has 148 valence electrons. The number of amides is 2. The lowest BCUT2D eigenvalue weighted by Crippen LogP contribution is -2.13. The quantitative estimate of drug-likeness (QED) is 0.306. The van der Waals surface area contributed by atoms with Crippen molar-refractivity contribution in [1.29, 1.82) is 0 Å². The van der Waals surface area contributed by atoms with Crippen molar-refractivity contribution >= 4 is 65.8 Å². The summed E-state index contributed by atoms with van der Waals surface area (Å²) in [6, 6.07) is 25.7. The Hall–Kier alpha value is -2.96. The molecule has 6 heteroatoms. The number of carbonyl (C=O) groups excluding carboxylic acids is 2. The van der Waals surface area contributed by atoms with Crippen LogP contribution in [0.3, 0.4) is 0 Å². The van der Waals surface area contributed by atoms with E-state index < -0.39 is 0 Å². The van der Waals surface area contributed by atoms with Gasteiger partial charge in [-0.05, 0) is 48.5 Å². The zero-order valence-corrected chi connectivity index (χ0v) is 18.8. The van der Waals surface area contributed by atoms with E-state index in [-0.39, 0.29) is 11.8 Å². The monoisotopic (exact) mass is 522 g/mol. The smallest absolute Gasteiger partial charge is 0.255 e. The fourth-order valence-corrected chi connectivity index (χ4v) is 3.97. The maximum Gasteiger partial charge on any atom is 0.255 e. The molecule has 0 aromatic heterocycles. The van der Waals surface area contributed by atoms with Crippen LogP contribution in [0.1, 0.15) is 20.7 Å². The second kappa shape index (κ2) is 8.81. The summed E-state index contributed by atoms with van der Waals surface area (Å²) < 4.78 is 1.68. The van der Waals surface area contributed by atoms with E-state index in [1.807, 2.05) is 60.7 Å². The normalized spacial score (nSPS) is 10.6. The summed E-state index contributed by atoms with van der Waals surface area (Å²) in [5.74, 6) is -0.403. The van der Waals surface area contributed by atoms with Crippen molar-refractivity contribution in [3.63, 3.8) is 0 Å². The molecule has 0 heterocycles. The minimum atomic E-state index is -0.202. The highest BCUT2D eigenvalue weighted by Gasteiger charge is 2.12. The Morgan fingerprint density at radius 3 is 1.37 bits per heavy atom. The standard InChI is InChI=1S/C24H16Br2N2O2/c25-17-7-1-5-15(13-17)23(29)27-21-11-3-10-20-19(21)9-4-12-22(20)28-24(30)16-6-2-8-18(26)14-16/h1-14H,(H,27,29)(H,28,30). The Balaban J connectivity index is 1.64. The number of hydrogen-bond acceptors (Lipinski definition) is 2. The van der Waals surface area contributed by atoms with E-state index in [1.165, 1.54) is 0 Å². The van der Waals surface area contributed by atoms with Crippen LogP contribution in [0, 0.1) is 0 Å². The van der Waals surface area contributed by atoms with Crippen LogP contribution < -0.4 is 10.6 Å². The summed E-state index contributed by atoms with van der Waals surface area (Å²) in [6.07, 6.45) is 0. The maximum atomic E-state index is 12.7. The first-order valence-corrected chi connectivity index (χ1v) is 10.8. The molecule has 4 aromatic rings. The van der Waals surface area contributed by atoms with Crippen LogP contribution in [-0.2, 0) is 0 Å². The van der Waals surface area contributed by atoms with Crippen molar-refractivity contribution in [3.8, 4) is 0 Å².